The van der Waals surface area contributed by atoms with E-state index in [1.165, 1.54) is 10.9 Å². The summed E-state index contributed by atoms with van der Waals surface area (Å²) in [6, 6.07) is 8.11. The lowest BCUT2D eigenvalue weighted by Gasteiger charge is -2.12. The molecular formula is C15H18N2O2S. The van der Waals surface area contributed by atoms with Gasteiger partial charge in [0.15, 0.2) is 9.84 Å². The van der Waals surface area contributed by atoms with Gasteiger partial charge in [0.1, 0.15) is 0 Å². The first-order valence-electron chi connectivity index (χ1n) is 6.91. The van der Waals surface area contributed by atoms with Gasteiger partial charge in [-0.3, -0.25) is 4.98 Å². The predicted octanol–water partition coefficient (Wildman–Crippen LogP) is 1.90. The van der Waals surface area contributed by atoms with Crippen molar-refractivity contribution in [3.05, 3.63) is 42.2 Å². The third kappa shape index (κ3) is 2.69. The van der Waals surface area contributed by atoms with Gasteiger partial charge >= 0.3 is 0 Å². The van der Waals surface area contributed by atoms with Crippen LogP contribution in [0, 0.1) is 0 Å². The van der Waals surface area contributed by atoms with Crippen molar-refractivity contribution in [2.75, 3.05) is 12.3 Å². The summed E-state index contributed by atoms with van der Waals surface area (Å²) < 4.78 is 23.5. The van der Waals surface area contributed by atoms with Crippen LogP contribution in [-0.2, 0) is 16.4 Å². The molecule has 0 bridgehead atoms. The maximum Gasteiger partial charge on any atom is 0.154 e. The van der Waals surface area contributed by atoms with Crippen LogP contribution in [0.3, 0.4) is 0 Å². The third-order valence-corrected chi connectivity index (χ3v) is 6.20. The molecule has 1 fully saturated rings. The molecule has 0 saturated carbocycles. The van der Waals surface area contributed by atoms with Crippen LogP contribution in [-0.4, -0.2) is 30.9 Å². The lowest BCUT2D eigenvalue weighted by molar-refractivity contribution is 0.574. The SMILES string of the molecule is O=S1(=O)CCCC1CNCc1cccc2cnccc12. The van der Waals surface area contributed by atoms with Crippen LogP contribution in [0.5, 0.6) is 0 Å². The molecule has 1 unspecified atom stereocenters. The van der Waals surface area contributed by atoms with E-state index in [0.717, 1.165) is 18.2 Å². The second-order valence-corrected chi connectivity index (χ2v) is 7.68. The summed E-state index contributed by atoms with van der Waals surface area (Å²) in [6.45, 7) is 1.23. The average Bonchev–Trinajstić information content (AvgIpc) is 2.78. The normalized spacial score (nSPS) is 21.3. The standard InChI is InChI=1S/C15H18N2O2S/c18-20(19)8-2-5-14(20)11-17-10-13-4-1-3-12-9-16-7-6-15(12)13/h1,3-4,6-7,9,14,17H,2,5,8,10-11H2. The lowest BCUT2D eigenvalue weighted by atomic mass is 10.1. The number of rotatable bonds is 4. The minimum Gasteiger partial charge on any atom is -0.311 e. The molecule has 1 aliphatic rings. The molecule has 1 aromatic carbocycles. The van der Waals surface area contributed by atoms with Crippen molar-refractivity contribution < 1.29 is 8.42 Å². The first-order valence-corrected chi connectivity index (χ1v) is 8.62. The van der Waals surface area contributed by atoms with Crippen LogP contribution in [0.15, 0.2) is 36.7 Å². The highest BCUT2D eigenvalue weighted by atomic mass is 32.2. The van der Waals surface area contributed by atoms with E-state index >= 15 is 0 Å². The molecule has 1 aromatic heterocycles. The molecule has 1 atom stereocenters. The van der Waals surface area contributed by atoms with Gasteiger partial charge < -0.3 is 5.32 Å². The topological polar surface area (TPSA) is 59.1 Å². The minimum absolute atomic E-state index is 0.209. The Morgan fingerprint density at radius 2 is 2.20 bits per heavy atom. The molecule has 3 rings (SSSR count). The number of nitrogens with zero attached hydrogens (tertiary/aromatic N) is 1. The van der Waals surface area contributed by atoms with Gasteiger partial charge in [0.05, 0.1) is 11.0 Å². The Hall–Kier alpha value is -1.46. The van der Waals surface area contributed by atoms with E-state index in [2.05, 4.69) is 16.4 Å². The van der Waals surface area contributed by atoms with Crippen molar-refractivity contribution >= 4 is 20.6 Å². The molecule has 4 nitrogen and oxygen atoms in total. The number of benzene rings is 1. The molecule has 0 amide bonds. The van der Waals surface area contributed by atoms with Gasteiger partial charge in [-0.2, -0.15) is 0 Å². The second kappa shape index (κ2) is 5.50. The van der Waals surface area contributed by atoms with E-state index in [0.29, 0.717) is 18.8 Å². The van der Waals surface area contributed by atoms with E-state index in [1.54, 1.807) is 6.20 Å². The summed E-state index contributed by atoms with van der Waals surface area (Å²) in [5.41, 5.74) is 1.18. The maximum absolute atomic E-state index is 11.8. The lowest BCUT2D eigenvalue weighted by Crippen LogP contribution is -2.30. The molecule has 1 N–H and O–H groups in total. The third-order valence-electron chi connectivity index (χ3n) is 3.92. The summed E-state index contributed by atoms with van der Waals surface area (Å²) in [6.07, 6.45) is 5.22. The van der Waals surface area contributed by atoms with E-state index in [1.807, 2.05) is 24.4 Å². The summed E-state index contributed by atoms with van der Waals surface area (Å²) in [4.78, 5) is 4.12. The van der Waals surface area contributed by atoms with Crippen molar-refractivity contribution in [1.82, 2.24) is 10.3 Å². The van der Waals surface area contributed by atoms with E-state index in [9.17, 15) is 8.42 Å². The molecule has 0 radical (unpaired) electrons. The number of sulfone groups is 1. The molecule has 1 saturated heterocycles. The van der Waals surface area contributed by atoms with Crippen LogP contribution < -0.4 is 5.32 Å². The number of nitrogens with one attached hydrogen (secondary N) is 1. The van der Waals surface area contributed by atoms with Crippen LogP contribution in [0.4, 0.5) is 0 Å². The first kappa shape index (κ1) is 13.5. The maximum atomic E-state index is 11.8. The van der Waals surface area contributed by atoms with E-state index < -0.39 is 9.84 Å². The molecule has 2 heterocycles. The van der Waals surface area contributed by atoms with Crippen LogP contribution in [0.1, 0.15) is 18.4 Å². The fourth-order valence-corrected chi connectivity index (χ4v) is 4.60. The highest BCUT2D eigenvalue weighted by Gasteiger charge is 2.30. The average molecular weight is 290 g/mol. The second-order valence-electron chi connectivity index (χ2n) is 5.28. The molecule has 1 aliphatic heterocycles. The van der Waals surface area contributed by atoms with Gasteiger partial charge in [0, 0.05) is 30.9 Å². The zero-order valence-electron chi connectivity index (χ0n) is 11.2. The summed E-state index contributed by atoms with van der Waals surface area (Å²) in [5, 5.41) is 5.36. The van der Waals surface area contributed by atoms with Crippen molar-refractivity contribution in [3.63, 3.8) is 0 Å². The van der Waals surface area contributed by atoms with Gasteiger partial charge in [-0.15, -0.1) is 0 Å². The first-order chi connectivity index (χ1) is 9.67. The number of hydrogen-bond donors (Lipinski definition) is 1. The van der Waals surface area contributed by atoms with Gasteiger partial charge in [0.2, 0.25) is 0 Å². The van der Waals surface area contributed by atoms with Crippen molar-refractivity contribution in [3.8, 4) is 0 Å². The summed E-state index contributed by atoms with van der Waals surface area (Å²) in [7, 11) is -2.86. The van der Waals surface area contributed by atoms with Crippen LogP contribution >= 0.6 is 0 Å². The smallest absolute Gasteiger partial charge is 0.154 e. The Kier molecular flexibility index (Phi) is 3.72. The molecule has 20 heavy (non-hydrogen) atoms. The number of hydrogen-bond acceptors (Lipinski definition) is 4. The highest BCUT2D eigenvalue weighted by molar-refractivity contribution is 7.92. The fraction of sp³-hybridized carbons (Fsp3) is 0.400. The molecule has 2 aromatic rings. The highest BCUT2D eigenvalue weighted by Crippen LogP contribution is 2.20. The zero-order valence-corrected chi connectivity index (χ0v) is 12.1. The van der Waals surface area contributed by atoms with E-state index in [-0.39, 0.29) is 5.25 Å². The van der Waals surface area contributed by atoms with E-state index in [4.69, 9.17) is 0 Å². The largest absolute Gasteiger partial charge is 0.311 e. The van der Waals surface area contributed by atoms with Crippen LogP contribution in [0.25, 0.3) is 10.8 Å². The number of pyridine rings is 1. The Balaban J connectivity index is 1.69. The monoisotopic (exact) mass is 290 g/mol. The van der Waals surface area contributed by atoms with Gasteiger partial charge in [-0.05, 0) is 29.9 Å². The number of fused-ring (bicyclic) bond motifs is 1. The fourth-order valence-electron chi connectivity index (χ4n) is 2.80. The summed E-state index contributed by atoms with van der Waals surface area (Å²) >= 11 is 0. The predicted molar refractivity (Wildman–Crippen MR) is 80.3 cm³/mol. The van der Waals surface area contributed by atoms with Crippen molar-refractivity contribution in [2.45, 2.75) is 24.6 Å². The van der Waals surface area contributed by atoms with Crippen molar-refractivity contribution in [2.24, 2.45) is 0 Å². The minimum atomic E-state index is -2.86. The van der Waals surface area contributed by atoms with Gasteiger partial charge in [-0.1, -0.05) is 18.2 Å². The zero-order chi connectivity index (χ0) is 14.0. The Bertz CT molecular complexity index is 707. The Morgan fingerprint density at radius 1 is 1.30 bits per heavy atom. The Labute approximate surface area is 119 Å². The van der Waals surface area contributed by atoms with Crippen molar-refractivity contribution in [1.29, 1.82) is 0 Å². The van der Waals surface area contributed by atoms with Gasteiger partial charge in [0.25, 0.3) is 0 Å². The number of aromatic nitrogens is 1. The Morgan fingerprint density at radius 3 is 3.00 bits per heavy atom. The van der Waals surface area contributed by atoms with Gasteiger partial charge in [-0.25, -0.2) is 8.42 Å². The van der Waals surface area contributed by atoms with Crippen LogP contribution in [0.2, 0.25) is 0 Å². The molecule has 0 spiro atoms. The molecule has 0 aliphatic carbocycles. The molecule has 106 valence electrons. The quantitative estimate of drug-likeness (QED) is 0.934. The summed E-state index contributed by atoms with van der Waals surface area (Å²) in [5.74, 6) is 0.347. The molecule has 5 heteroatoms. The molecular weight excluding hydrogens is 272 g/mol.